The van der Waals surface area contributed by atoms with E-state index in [-0.39, 0.29) is 11.8 Å². The van der Waals surface area contributed by atoms with Crippen LogP contribution < -0.4 is 10.1 Å². The number of rotatable bonds is 3. The minimum atomic E-state index is -0.120. The lowest BCUT2D eigenvalue weighted by Crippen LogP contribution is -2.25. The maximum atomic E-state index is 12.6. The summed E-state index contributed by atoms with van der Waals surface area (Å²) in [6.07, 6.45) is 0.343. The van der Waals surface area contributed by atoms with Crippen LogP contribution in [0.5, 0.6) is 5.75 Å². The molecule has 3 aromatic heterocycles. The molecule has 152 valence electrons. The van der Waals surface area contributed by atoms with Crippen molar-refractivity contribution in [2.75, 3.05) is 12.4 Å². The molecule has 0 fully saturated rings. The molecule has 1 aliphatic rings. The summed E-state index contributed by atoms with van der Waals surface area (Å²) >= 11 is 3.54. The topological polar surface area (TPSA) is 99.2 Å². The van der Waals surface area contributed by atoms with Gasteiger partial charge in [0, 0.05) is 17.9 Å². The molecule has 1 amide bonds. The average Bonchev–Trinajstić information content (AvgIpc) is 3.27. The molecule has 4 aromatic rings. The van der Waals surface area contributed by atoms with Gasteiger partial charge in [0.15, 0.2) is 17.3 Å². The first-order chi connectivity index (χ1) is 14.5. The van der Waals surface area contributed by atoms with Crippen LogP contribution in [0.4, 0.5) is 5.82 Å². The second-order valence-corrected chi connectivity index (χ2v) is 8.02. The first-order valence-electron chi connectivity index (χ1n) is 9.38. The molecule has 1 atom stereocenters. The zero-order valence-corrected chi connectivity index (χ0v) is 18.1. The van der Waals surface area contributed by atoms with Gasteiger partial charge in [-0.1, -0.05) is 6.07 Å². The number of nitrogens with one attached hydrogen (secondary N) is 1. The molecular formula is C20H18BrN7O2. The maximum absolute atomic E-state index is 12.6. The van der Waals surface area contributed by atoms with Crippen LogP contribution in [0.25, 0.3) is 11.5 Å². The van der Waals surface area contributed by atoms with E-state index in [0.29, 0.717) is 29.5 Å². The van der Waals surface area contributed by atoms with Gasteiger partial charge >= 0.3 is 0 Å². The Balaban J connectivity index is 1.66. The summed E-state index contributed by atoms with van der Waals surface area (Å²) in [5.41, 5.74) is 3.48. The Labute approximate surface area is 180 Å². The van der Waals surface area contributed by atoms with Crippen LogP contribution in [0, 0.1) is 13.8 Å². The minimum Gasteiger partial charge on any atom is -0.496 e. The largest absolute Gasteiger partial charge is 0.496 e. The van der Waals surface area contributed by atoms with E-state index in [0.717, 1.165) is 27.0 Å². The Bertz CT molecular complexity index is 1310. The lowest BCUT2D eigenvalue weighted by molar-refractivity contribution is -0.116. The zero-order valence-electron chi connectivity index (χ0n) is 16.5. The number of hydrogen-bond donors (Lipinski definition) is 1. The van der Waals surface area contributed by atoms with Gasteiger partial charge in [0.05, 0.1) is 17.3 Å². The highest BCUT2D eigenvalue weighted by atomic mass is 79.9. The van der Waals surface area contributed by atoms with Gasteiger partial charge < -0.3 is 10.1 Å². The molecule has 0 bridgehead atoms. The number of carbonyl (C=O) groups excluding carboxylic acids is 1. The Morgan fingerprint density at radius 2 is 2.00 bits per heavy atom. The molecule has 1 unspecified atom stereocenters. The molecule has 0 aliphatic carbocycles. The number of hydrogen-bond acceptors (Lipinski definition) is 6. The summed E-state index contributed by atoms with van der Waals surface area (Å²) in [6, 6.07) is 9.52. The second-order valence-electron chi connectivity index (χ2n) is 7.17. The summed E-state index contributed by atoms with van der Waals surface area (Å²) in [6.45, 7) is 3.78. The van der Waals surface area contributed by atoms with Crippen molar-refractivity contribution in [3.8, 4) is 11.6 Å². The summed E-state index contributed by atoms with van der Waals surface area (Å²) in [5.74, 6) is 2.44. The van der Waals surface area contributed by atoms with E-state index in [1.54, 1.807) is 16.3 Å². The standard InChI is InChI=1S/C20H18BrN7O2/c1-10-19-13(12-4-5-15(30-3)14(21)8-12)9-18(29)22-20(19)28(25-10)17-7-6-16-24-23-11(2)27(16)26-17/h4-8,13H,9H2,1-3H3,(H,22,29). The molecule has 0 radical (unpaired) electrons. The molecule has 30 heavy (non-hydrogen) atoms. The third kappa shape index (κ3) is 2.86. The van der Waals surface area contributed by atoms with Gasteiger partial charge in [0.2, 0.25) is 5.91 Å². The van der Waals surface area contributed by atoms with Gasteiger partial charge in [-0.3, -0.25) is 4.79 Å². The van der Waals surface area contributed by atoms with Crippen molar-refractivity contribution < 1.29 is 9.53 Å². The molecule has 0 spiro atoms. The zero-order chi connectivity index (χ0) is 21.0. The number of fused-ring (bicyclic) bond motifs is 2. The quantitative estimate of drug-likeness (QED) is 0.496. The van der Waals surface area contributed by atoms with Crippen LogP contribution in [-0.2, 0) is 4.79 Å². The molecule has 1 N–H and O–H groups in total. The van der Waals surface area contributed by atoms with Crippen LogP contribution >= 0.6 is 15.9 Å². The summed E-state index contributed by atoms with van der Waals surface area (Å²) in [7, 11) is 1.63. The van der Waals surface area contributed by atoms with Crippen LogP contribution in [0.2, 0.25) is 0 Å². The molecule has 1 aromatic carbocycles. The van der Waals surface area contributed by atoms with Crippen molar-refractivity contribution in [2.24, 2.45) is 0 Å². The van der Waals surface area contributed by atoms with E-state index in [1.165, 1.54) is 0 Å². The van der Waals surface area contributed by atoms with E-state index in [1.807, 2.05) is 44.2 Å². The molecule has 4 heterocycles. The number of nitrogens with zero attached hydrogens (tertiary/aromatic N) is 6. The number of halogens is 1. The summed E-state index contributed by atoms with van der Waals surface area (Å²) in [4.78, 5) is 12.6. The first kappa shape index (κ1) is 18.7. The fourth-order valence-electron chi connectivity index (χ4n) is 3.90. The third-order valence-corrected chi connectivity index (χ3v) is 5.92. The van der Waals surface area contributed by atoms with Gasteiger partial charge in [-0.25, -0.2) is 0 Å². The van der Waals surface area contributed by atoms with Gasteiger partial charge in [0.25, 0.3) is 0 Å². The van der Waals surface area contributed by atoms with Crippen molar-refractivity contribution in [2.45, 2.75) is 26.2 Å². The predicted molar refractivity (Wildman–Crippen MR) is 113 cm³/mol. The Kier molecular flexibility index (Phi) is 4.31. The lowest BCUT2D eigenvalue weighted by Gasteiger charge is -2.24. The van der Waals surface area contributed by atoms with Crippen molar-refractivity contribution >= 4 is 33.3 Å². The number of methoxy groups -OCH3 is 1. The average molecular weight is 468 g/mol. The van der Waals surface area contributed by atoms with E-state index in [9.17, 15) is 4.79 Å². The number of aromatic nitrogens is 6. The lowest BCUT2D eigenvalue weighted by atomic mass is 9.86. The number of amides is 1. The van der Waals surface area contributed by atoms with E-state index in [2.05, 4.69) is 36.5 Å². The van der Waals surface area contributed by atoms with Crippen LogP contribution in [-0.4, -0.2) is 42.6 Å². The maximum Gasteiger partial charge on any atom is 0.226 e. The molecule has 0 saturated carbocycles. The SMILES string of the molecule is COc1ccc(C2CC(=O)Nc3c2c(C)nn3-c2ccc3nnc(C)n3n2)cc1Br. The van der Waals surface area contributed by atoms with Gasteiger partial charge in [-0.05, 0) is 59.6 Å². The van der Waals surface area contributed by atoms with E-state index < -0.39 is 0 Å². The molecular weight excluding hydrogens is 450 g/mol. The smallest absolute Gasteiger partial charge is 0.226 e. The third-order valence-electron chi connectivity index (χ3n) is 5.30. The molecule has 1 aliphatic heterocycles. The molecule has 10 heteroatoms. The second kappa shape index (κ2) is 6.91. The Hall–Kier alpha value is -3.27. The van der Waals surface area contributed by atoms with Crippen molar-refractivity contribution in [3.05, 3.63) is 57.4 Å². The fraction of sp³-hybridized carbons (Fsp3) is 0.250. The normalized spacial score (nSPS) is 15.9. The Morgan fingerprint density at radius 1 is 1.17 bits per heavy atom. The first-order valence-corrected chi connectivity index (χ1v) is 10.2. The number of carbonyl (C=O) groups is 1. The van der Waals surface area contributed by atoms with E-state index >= 15 is 0 Å². The summed E-state index contributed by atoms with van der Waals surface area (Å²) in [5, 5.41) is 20.4. The molecule has 5 rings (SSSR count). The minimum absolute atomic E-state index is 0.0675. The number of benzene rings is 1. The van der Waals surface area contributed by atoms with Gasteiger partial charge in [-0.15, -0.1) is 15.3 Å². The predicted octanol–water partition coefficient (Wildman–Crippen LogP) is 3.17. The van der Waals surface area contributed by atoms with Crippen molar-refractivity contribution in [1.82, 2.24) is 29.6 Å². The molecule has 9 nitrogen and oxygen atoms in total. The van der Waals surface area contributed by atoms with Gasteiger partial charge in [0.1, 0.15) is 11.6 Å². The van der Waals surface area contributed by atoms with Crippen LogP contribution in [0.1, 0.15) is 35.0 Å². The highest BCUT2D eigenvalue weighted by molar-refractivity contribution is 9.10. The fourth-order valence-corrected chi connectivity index (χ4v) is 4.45. The van der Waals surface area contributed by atoms with Gasteiger partial charge in [-0.2, -0.15) is 14.3 Å². The highest BCUT2D eigenvalue weighted by Crippen LogP contribution is 2.41. The van der Waals surface area contributed by atoms with Crippen LogP contribution in [0.3, 0.4) is 0 Å². The molecule has 0 saturated heterocycles. The van der Waals surface area contributed by atoms with E-state index in [4.69, 9.17) is 9.84 Å². The number of anilines is 1. The summed E-state index contributed by atoms with van der Waals surface area (Å²) < 4.78 is 9.51. The highest BCUT2D eigenvalue weighted by Gasteiger charge is 2.33. The van der Waals surface area contributed by atoms with Crippen molar-refractivity contribution in [1.29, 1.82) is 0 Å². The number of aryl methyl sites for hydroxylation is 2. The monoisotopic (exact) mass is 467 g/mol. The number of ether oxygens (including phenoxy) is 1. The van der Waals surface area contributed by atoms with Crippen LogP contribution in [0.15, 0.2) is 34.8 Å². The van der Waals surface area contributed by atoms with Crippen molar-refractivity contribution in [3.63, 3.8) is 0 Å². The Morgan fingerprint density at radius 3 is 2.77 bits per heavy atom.